The first-order valence-electron chi connectivity index (χ1n) is 10.1. The maximum absolute atomic E-state index is 13.5. The van der Waals surface area contributed by atoms with Crippen LogP contribution in [0.4, 0.5) is 10.3 Å². The Bertz CT molecular complexity index is 1180. The molecular weight excluding hydrogens is 445 g/mol. The van der Waals surface area contributed by atoms with Crippen molar-refractivity contribution in [2.45, 2.75) is 37.1 Å². The van der Waals surface area contributed by atoms with Crippen LogP contribution in [0, 0.1) is 5.82 Å². The van der Waals surface area contributed by atoms with Crippen LogP contribution in [0.3, 0.4) is 0 Å². The van der Waals surface area contributed by atoms with Crippen molar-refractivity contribution >= 4 is 27.4 Å². The zero-order valence-corrected chi connectivity index (χ0v) is 17.9. The summed E-state index contributed by atoms with van der Waals surface area (Å²) in [6.45, 7) is 0. The van der Waals surface area contributed by atoms with Gasteiger partial charge in [-0.25, -0.2) is 18.9 Å². The first-order valence-corrected chi connectivity index (χ1v) is 11.3. The van der Waals surface area contributed by atoms with E-state index in [2.05, 4.69) is 38.4 Å². The molecule has 30 heavy (non-hydrogen) atoms. The number of anilines is 1. The molecule has 1 aliphatic rings. The molecule has 0 atom stereocenters. The third-order valence-electron chi connectivity index (χ3n) is 5.56. The van der Waals surface area contributed by atoms with Crippen LogP contribution >= 0.6 is 15.9 Å². The Labute approximate surface area is 182 Å². The van der Waals surface area contributed by atoms with Crippen molar-refractivity contribution in [1.29, 1.82) is 0 Å². The number of alkyl halides is 1. The molecule has 0 bridgehead atoms. The first-order chi connectivity index (χ1) is 14.7. The number of aromatic nitrogens is 4. The molecule has 1 saturated carbocycles. The summed E-state index contributed by atoms with van der Waals surface area (Å²) >= 11 is 3.51. The summed E-state index contributed by atoms with van der Waals surface area (Å²) in [5.74, 6) is 0.372. The summed E-state index contributed by atoms with van der Waals surface area (Å²) in [6, 6.07) is 12.9. The monoisotopic (exact) mass is 465 g/mol. The number of hydrogen-bond donors (Lipinski definition) is 1. The molecule has 5 nitrogen and oxygen atoms in total. The lowest BCUT2D eigenvalue weighted by Gasteiger charge is -2.12. The van der Waals surface area contributed by atoms with E-state index in [4.69, 9.17) is 10.1 Å². The van der Waals surface area contributed by atoms with Gasteiger partial charge in [-0.1, -0.05) is 34.8 Å². The van der Waals surface area contributed by atoms with Crippen molar-refractivity contribution in [2.24, 2.45) is 0 Å². The van der Waals surface area contributed by atoms with Gasteiger partial charge in [0.25, 0.3) is 0 Å². The molecule has 0 amide bonds. The second kappa shape index (κ2) is 8.14. The molecule has 0 spiro atoms. The Balaban J connectivity index is 1.65. The number of pyridine rings is 1. The predicted molar refractivity (Wildman–Crippen MR) is 120 cm³/mol. The lowest BCUT2D eigenvalue weighted by molar-refractivity contribution is 0.628. The lowest BCUT2D eigenvalue weighted by atomic mass is 10.0. The Morgan fingerprint density at radius 2 is 1.87 bits per heavy atom. The van der Waals surface area contributed by atoms with Gasteiger partial charge in [-0.05, 0) is 54.8 Å². The summed E-state index contributed by atoms with van der Waals surface area (Å²) in [5.41, 5.74) is 5.40. The van der Waals surface area contributed by atoms with E-state index in [0.717, 1.165) is 51.8 Å². The summed E-state index contributed by atoms with van der Waals surface area (Å²) in [7, 11) is 0. The normalized spacial score (nSPS) is 14.5. The highest BCUT2D eigenvalue weighted by Gasteiger charge is 2.20. The standard InChI is InChI=1S/C23H21BrFN5/c24-13-15-5-10-20-21(19-11-12-26-23(28-19)27-18-3-1-2-4-18)22(29-30(20)14-15)16-6-8-17(25)9-7-16/h5-12,14,18H,1-4,13H2,(H,26,27,28). The highest BCUT2D eigenvalue weighted by atomic mass is 79.9. The SMILES string of the molecule is Fc1ccc(-c2nn3cc(CBr)ccc3c2-c2ccnc(NC3CCCC3)n2)cc1. The number of rotatable bonds is 5. The van der Waals surface area contributed by atoms with Gasteiger partial charge in [0, 0.05) is 29.3 Å². The molecule has 5 rings (SSSR count). The molecule has 1 aliphatic carbocycles. The minimum Gasteiger partial charge on any atom is -0.351 e. The van der Waals surface area contributed by atoms with Crippen LogP contribution in [0.1, 0.15) is 31.2 Å². The maximum Gasteiger partial charge on any atom is 0.223 e. The highest BCUT2D eigenvalue weighted by Crippen LogP contribution is 2.35. The second-order valence-corrected chi connectivity index (χ2v) is 8.18. The highest BCUT2D eigenvalue weighted by molar-refractivity contribution is 9.08. The van der Waals surface area contributed by atoms with Gasteiger partial charge in [0.2, 0.25) is 5.95 Å². The number of nitrogens with zero attached hydrogens (tertiary/aromatic N) is 4. The van der Waals surface area contributed by atoms with E-state index >= 15 is 0 Å². The van der Waals surface area contributed by atoms with Crippen molar-refractivity contribution in [1.82, 2.24) is 19.6 Å². The number of benzene rings is 1. The molecule has 3 heterocycles. The quantitative estimate of drug-likeness (QED) is 0.375. The Hall–Kier alpha value is -2.80. The third-order valence-corrected chi connectivity index (χ3v) is 6.21. The summed E-state index contributed by atoms with van der Waals surface area (Å²) < 4.78 is 15.4. The minimum absolute atomic E-state index is 0.268. The van der Waals surface area contributed by atoms with Gasteiger partial charge >= 0.3 is 0 Å². The van der Waals surface area contributed by atoms with Crippen molar-refractivity contribution < 1.29 is 4.39 Å². The van der Waals surface area contributed by atoms with E-state index in [1.54, 1.807) is 18.3 Å². The minimum atomic E-state index is -0.268. The van der Waals surface area contributed by atoms with Crippen LogP contribution in [0.5, 0.6) is 0 Å². The van der Waals surface area contributed by atoms with Gasteiger partial charge in [-0.15, -0.1) is 0 Å². The molecular formula is C23H21BrFN5. The van der Waals surface area contributed by atoms with Crippen LogP contribution in [0.25, 0.3) is 28.0 Å². The fourth-order valence-electron chi connectivity index (χ4n) is 4.05. The van der Waals surface area contributed by atoms with Gasteiger partial charge in [-0.2, -0.15) is 5.10 Å². The molecule has 4 aromatic rings. The predicted octanol–water partition coefficient (Wildman–Crippen LogP) is 5.85. The molecule has 7 heteroatoms. The molecule has 0 radical (unpaired) electrons. The molecule has 0 aliphatic heterocycles. The molecule has 3 aromatic heterocycles. The first kappa shape index (κ1) is 19.2. The fourth-order valence-corrected chi connectivity index (χ4v) is 4.38. The number of fused-ring (bicyclic) bond motifs is 1. The smallest absolute Gasteiger partial charge is 0.223 e. The van der Waals surface area contributed by atoms with Gasteiger partial charge in [-0.3, -0.25) is 0 Å². The third kappa shape index (κ3) is 3.69. The van der Waals surface area contributed by atoms with Crippen LogP contribution < -0.4 is 5.32 Å². The van der Waals surface area contributed by atoms with Crippen molar-refractivity contribution in [2.75, 3.05) is 5.32 Å². The van der Waals surface area contributed by atoms with E-state index in [1.807, 2.05) is 16.8 Å². The van der Waals surface area contributed by atoms with Crippen LogP contribution in [0.2, 0.25) is 0 Å². The van der Waals surface area contributed by atoms with E-state index in [9.17, 15) is 4.39 Å². The topological polar surface area (TPSA) is 55.1 Å². The van der Waals surface area contributed by atoms with Crippen LogP contribution in [0.15, 0.2) is 54.9 Å². The van der Waals surface area contributed by atoms with Gasteiger partial charge in [0.15, 0.2) is 0 Å². The average molecular weight is 466 g/mol. The molecule has 152 valence electrons. The summed E-state index contributed by atoms with van der Waals surface area (Å²) in [4.78, 5) is 9.25. The van der Waals surface area contributed by atoms with E-state index in [0.29, 0.717) is 12.0 Å². The number of halogens is 2. The molecule has 1 fully saturated rings. The van der Waals surface area contributed by atoms with Crippen LogP contribution in [-0.2, 0) is 5.33 Å². The van der Waals surface area contributed by atoms with E-state index < -0.39 is 0 Å². The largest absolute Gasteiger partial charge is 0.351 e. The van der Waals surface area contributed by atoms with Gasteiger partial charge < -0.3 is 5.32 Å². The van der Waals surface area contributed by atoms with Gasteiger partial charge in [0.1, 0.15) is 11.5 Å². The molecule has 0 unspecified atom stereocenters. The Morgan fingerprint density at radius 3 is 2.63 bits per heavy atom. The summed E-state index contributed by atoms with van der Waals surface area (Å²) in [5, 5.41) is 9.04. The van der Waals surface area contributed by atoms with Crippen LogP contribution in [-0.4, -0.2) is 25.6 Å². The zero-order chi connectivity index (χ0) is 20.5. The molecule has 1 N–H and O–H groups in total. The van der Waals surface area contributed by atoms with Gasteiger partial charge in [0.05, 0.1) is 16.8 Å². The second-order valence-electron chi connectivity index (χ2n) is 7.62. The van der Waals surface area contributed by atoms with Crippen molar-refractivity contribution in [3.05, 3.63) is 66.2 Å². The maximum atomic E-state index is 13.5. The van der Waals surface area contributed by atoms with E-state index in [1.165, 1.54) is 25.0 Å². The Morgan fingerprint density at radius 1 is 1.07 bits per heavy atom. The van der Waals surface area contributed by atoms with Crippen molar-refractivity contribution in [3.63, 3.8) is 0 Å². The fraction of sp³-hybridized carbons (Fsp3) is 0.261. The number of nitrogens with one attached hydrogen (secondary N) is 1. The lowest BCUT2D eigenvalue weighted by Crippen LogP contribution is -2.16. The Kier molecular flexibility index (Phi) is 5.21. The summed E-state index contributed by atoms with van der Waals surface area (Å²) in [6.07, 6.45) is 8.58. The van der Waals surface area contributed by atoms with E-state index in [-0.39, 0.29) is 5.82 Å². The number of hydrogen-bond acceptors (Lipinski definition) is 4. The van der Waals surface area contributed by atoms with Crippen molar-refractivity contribution in [3.8, 4) is 22.5 Å². The average Bonchev–Trinajstić information content (AvgIpc) is 3.41. The zero-order valence-electron chi connectivity index (χ0n) is 16.4. The molecule has 0 saturated heterocycles. The molecule has 1 aromatic carbocycles.